The summed E-state index contributed by atoms with van der Waals surface area (Å²) in [6.07, 6.45) is 2.04. The van der Waals surface area contributed by atoms with E-state index in [4.69, 9.17) is 0 Å². The molecule has 0 aliphatic carbocycles. The Morgan fingerprint density at radius 1 is 1.23 bits per heavy atom. The summed E-state index contributed by atoms with van der Waals surface area (Å²) in [5.74, 6) is 0. The van der Waals surface area contributed by atoms with Crippen LogP contribution in [0.4, 0.5) is 0 Å². The molecule has 0 aliphatic rings. The van der Waals surface area contributed by atoms with Gasteiger partial charge in [0.15, 0.2) is 6.20 Å². The number of benzene rings is 1. The van der Waals surface area contributed by atoms with Gasteiger partial charge in [0, 0.05) is 6.07 Å². The Morgan fingerprint density at radius 3 is 2.77 bits per heavy atom. The van der Waals surface area contributed by atoms with Crippen LogP contribution in [-0.4, -0.2) is 4.98 Å². The lowest BCUT2D eigenvalue weighted by Gasteiger charge is -1.98. The van der Waals surface area contributed by atoms with Crippen molar-refractivity contribution in [3.8, 4) is 0 Å². The van der Waals surface area contributed by atoms with E-state index in [2.05, 4.69) is 34.7 Å². The van der Waals surface area contributed by atoms with Gasteiger partial charge in [0.2, 0.25) is 5.52 Å². The average molecular weight is 173 g/mol. The number of hydrogen-bond acceptors (Lipinski definition) is 1. The highest BCUT2D eigenvalue weighted by atomic mass is 14.9. The first kappa shape index (κ1) is 8.17. The molecule has 2 rings (SSSR count). The molecule has 1 aromatic heterocycles. The van der Waals surface area contributed by atoms with Crippen LogP contribution in [0.25, 0.3) is 11.0 Å². The minimum Gasteiger partial charge on any atom is -0.241 e. The number of aryl methyl sites for hydroxylation is 3. The molecule has 2 nitrogen and oxygen atoms in total. The second kappa shape index (κ2) is 2.80. The Hall–Kier alpha value is -1.44. The summed E-state index contributed by atoms with van der Waals surface area (Å²) in [6.45, 7) is 4.10. The van der Waals surface area contributed by atoms with Crippen molar-refractivity contribution in [2.24, 2.45) is 7.05 Å². The molecule has 0 saturated carbocycles. The van der Waals surface area contributed by atoms with Crippen LogP contribution < -0.4 is 4.57 Å². The lowest BCUT2D eigenvalue weighted by Crippen LogP contribution is -2.29. The summed E-state index contributed by atoms with van der Waals surface area (Å²) >= 11 is 0. The second-order valence-electron chi connectivity index (χ2n) is 3.49. The van der Waals surface area contributed by atoms with Crippen LogP contribution in [0.1, 0.15) is 11.3 Å². The maximum atomic E-state index is 4.48. The molecule has 2 aromatic rings. The molecule has 0 fully saturated rings. The van der Waals surface area contributed by atoms with Crippen LogP contribution in [0.2, 0.25) is 0 Å². The first-order valence-corrected chi connectivity index (χ1v) is 4.40. The molecule has 0 saturated heterocycles. The Kier molecular flexibility index (Phi) is 1.76. The summed E-state index contributed by atoms with van der Waals surface area (Å²) in [5.41, 5.74) is 4.56. The van der Waals surface area contributed by atoms with Gasteiger partial charge in [0.05, 0.1) is 0 Å². The fourth-order valence-corrected chi connectivity index (χ4v) is 1.59. The van der Waals surface area contributed by atoms with E-state index in [0.29, 0.717) is 0 Å². The molecule has 0 aliphatic heterocycles. The molecule has 66 valence electrons. The zero-order valence-electron chi connectivity index (χ0n) is 8.20. The van der Waals surface area contributed by atoms with Gasteiger partial charge >= 0.3 is 0 Å². The number of hydrogen-bond donors (Lipinski definition) is 0. The monoisotopic (exact) mass is 173 g/mol. The van der Waals surface area contributed by atoms with Gasteiger partial charge < -0.3 is 0 Å². The fraction of sp³-hybridized carbons (Fsp3) is 0.273. The number of fused-ring (bicyclic) bond motifs is 1. The SMILES string of the molecule is Cc1ccc2c(c1)nc(C)c[n+]2C. The lowest BCUT2D eigenvalue weighted by atomic mass is 10.2. The van der Waals surface area contributed by atoms with Gasteiger partial charge in [-0.3, -0.25) is 0 Å². The van der Waals surface area contributed by atoms with Gasteiger partial charge in [-0.2, -0.15) is 4.57 Å². The van der Waals surface area contributed by atoms with Crippen LogP contribution >= 0.6 is 0 Å². The quantitative estimate of drug-likeness (QED) is 0.554. The minimum atomic E-state index is 1.06. The smallest absolute Gasteiger partial charge is 0.230 e. The molecule has 0 spiro atoms. The van der Waals surface area contributed by atoms with E-state index in [1.165, 1.54) is 11.1 Å². The molecule has 0 radical (unpaired) electrons. The Labute approximate surface area is 77.9 Å². The maximum Gasteiger partial charge on any atom is 0.230 e. The van der Waals surface area contributed by atoms with Crippen LogP contribution in [0.15, 0.2) is 24.4 Å². The van der Waals surface area contributed by atoms with E-state index in [1.54, 1.807) is 0 Å². The summed E-state index contributed by atoms with van der Waals surface area (Å²) in [6, 6.07) is 6.33. The third-order valence-electron chi connectivity index (χ3n) is 2.19. The number of nitrogens with zero attached hydrogens (tertiary/aromatic N) is 2. The minimum absolute atomic E-state index is 1.06. The summed E-state index contributed by atoms with van der Waals surface area (Å²) in [4.78, 5) is 4.48. The van der Waals surface area contributed by atoms with Crippen molar-refractivity contribution < 1.29 is 4.57 Å². The van der Waals surface area contributed by atoms with Crippen molar-refractivity contribution >= 4 is 11.0 Å². The van der Waals surface area contributed by atoms with Crippen LogP contribution in [0.5, 0.6) is 0 Å². The van der Waals surface area contributed by atoms with E-state index in [9.17, 15) is 0 Å². The summed E-state index contributed by atoms with van der Waals surface area (Å²) < 4.78 is 2.11. The second-order valence-corrected chi connectivity index (χ2v) is 3.49. The van der Waals surface area contributed by atoms with Crippen LogP contribution in [-0.2, 0) is 7.05 Å². The van der Waals surface area contributed by atoms with E-state index in [1.807, 2.05) is 20.2 Å². The average Bonchev–Trinajstić information content (AvgIpc) is 2.02. The molecule has 1 aromatic carbocycles. The maximum absolute atomic E-state index is 4.48. The largest absolute Gasteiger partial charge is 0.241 e. The van der Waals surface area contributed by atoms with Gasteiger partial charge in [-0.05, 0) is 25.5 Å². The van der Waals surface area contributed by atoms with Crippen molar-refractivity contribution in [1.82, 2.24) is 4.98 Å². The third kappa shape index (κ3) is 1.39. The molecule has 1 heterocycles. The van der Waals surface area contributed by atoms with Gasteiger partial charge in [0.25, 0.3) is 0 Å². The zero-order valence-corrected chi connectivity index (χ0v) is 8.20. The predicted octanol–water partition coefficient (Wildman–Crippen LogP) is 1.68. The molecule has 2 heteroatoms. The topological polar surface area (TPSA) is 16.8 Å². The van der Waals surface area contributed by atoms with E-state index in [-0.39, 0.29) is 0 Å². The van der Waals surface area contributed by atoms with Gasteiger partial charge in [-0.1, -0.05) is 6.07 Å². The highest BCUT2D eigenvalue weighted by Crippen LogP contribution is 2.09. The molecule has 0 atom stereocenters. The molecule has 13 heavy (non-hydrogen) atoms. The molecular formula is C11H13N2+. The highest BCUT2D eigenvalue weighted by Gasteiger charge is 2.06. The van der Waals surface area contributed by atoms with Gasteiger partial charge in [0.1, 0.15) is 18.3 Å². The van der Waals surface area contributed by atoms with Crippen molar-refractivity contribution in [2.45, 2.75) is 13.8 Å². The standard InChI is InChI=1S/C11H13N2/c1-8-4-5-11-10(6-8)12-9(2)7-13(11)3/h4-7H,1-3H3/q+1. The molecule has 0 unspecified atom stereocenters. The first-order chi connectivity index (χ1) is 6.16. The molecule has 0 bridgehead atoms. The van der Waals surface area contributed by atoms with E-state index < -0.39 is 0 Å². The van der Waals surface area contributed by atoms with E-state index in [0.717, 1.165) is 11.2 Å². The van der Waals surface area contributed by atoms with Crippen molar-refractivity contribution in [1.29, 1.82) is 0 Å². The van der Waals surface area contributed by atoms with Crippen LogP contribution in [0.3, 0.4) is 0 Å². The van der Waals surface area contributed by atoms with Crippen LogP contribution in [0, 0.1) is 13.8 Å². The predicted molar refractivity (Wildman–Crippen MR) is 52.4 cm³/mol. The Morgan fingerprint density at radius 2 is 2.00 bits per heavy atom. The van der Waals surface area contributed by atoms with Crippen molar-refractivity contribution in [3.05, 3.63) is 35.7 Å². The highest BCUT2D eigenvalue weighted by molar-refractivity contribution is 5.71. The first-order valence-electron chi connectivity index (χ1n) is 4.40. The number of rotatable bonds is 0. The van der Waals surface area contributed by atoms with Crippen molar-refractivity contribution in [3.63, 3.8) is 0 Å². The van der Waals surface area contributed by atoms with E-state index >= 15 is 0 Å². The number of aromatic nitrogens is 2. The molecule has 0 amide bonds. The molecular weight excluding hydrogens is 160 g/mol. The fourth-order valence-electron chi connectivity index (χ4n) is 1.59. The zero-order chi connectivity index (χ0) is 9.42. The Bertz CT molecular complexity index is 456. The lowest BCUT2D eigenvalue weighted by molar-refractivity contribution is -0.645. The summed E-state index contributed by atoms with van der Waals surface area (Å²) in [5, 5.41) is 0. The Balaban J connectivity index is 2.86. The summed E-state index contributed by atoms with van der Waals surface area (Å²) in [7, 11) is 2.05. The normalized spacial score (nSPS) is 10.7. The third-order valence-corrected chi connectivity index (χ3v) is 2.19. The van der Waals surface area contributed by atoms with Gasteiger partial charge in [-0.15, -0.1) is 0 Å². The van der Waals surface area contributed by atoms with Gasteiger partial charge in [-0.25, -0.2) is 4.98 Å². The van der Waals surface area contributed by atoms with Crippen molar-refractivity contribution in [2.75, 3.05) is 0 Å². The molecule has 0 N–H and O–H groups in total.